The van der Waals surface area contributed by atoms with Gasteiger partial charge in [-0.15, -0.1) is 23.1 Å². The largest absolute Gasteiger partial charge is 1.00 e. The van der Waals surface area contributed by atoms with Gasteiger partial charge in [0.2, 0.25) is 10.0 Å². The van der Waals surface area contributed by atoms with Gasteiger partial charge in [0.25, 0.3) is 11.8 Å². The number of sulfonamides is 1. The molecule has 1 aromatic heterocycles. The van der Waals surface area contributed by atoms with Crippen LogP contribution in [-0.4, -0.2) is 82.1 Å². The predicted octanol–water partition coefficient (Wildman–Crippen LogP) is -5.10. The van der Waals surface area contributed by atoms with Crippen LogP contribution in [0.2, 0.25) is 0 Å². The number of amides is 4. The number of nitrogens with two attached hydrogens (primary N) is 1. The van der Waals surface area contributed by atoms with Crippen molar-refractivity contribution < 1.29 is 62.7 Å². The molecule has 0 aromatic carbocycles. The Morgan fingerprint density at radius 3 is 2.69 bits per heavy atom. The molecule has 2 atom stereocenters. The van der Waals surface area contributed by atoms with Crippen molar-refractivity contribution in [2.45, 2.75) is 17.8 Å². The first-order chi connectivity index (χ1) is 15.9. The molecule has 2 aliphatic rings. The normalized spacial score (nSPS) is 19.7. The van der Waals surface area contributed by atoms with Crippen molar-refractivity contribution in [3.05, 3.63) is 22.3 Å². The van der Waals surface area contributed by atoms with Crippen LogP contribution >= 0.6 is 35.3 Å². The van der Waals surface area contributed by atoms with Crippen LogP contribution in [0.1, 0.15) is 12.1 Å². The van der Waals surface area contributed by atoms with Gasteiger partial charge in [-0.2, -0.15) is 0 Å². The van der Waals surface area contributed by atoms with Gasteiger partial charge in [-0.3, -0.25) is 14.5 Å². The zero-order valence-electron chi connectivity index (χ0n) is 18.3. The van der Waals surface area contributed by atoms with Crippen LogP contribution in [0.3, 0.4) is 0 Å². The molecule has 4 amide bonds. The van der Waals surface area contributed by atoms with Gasteiger partial charge in [0.1, 0.15) is 17.1 Å². The quantitative estimate of drug-likeness (QED) is 0.0496. The number of thiazole rings is 1. The predicted molar refractivity (Wildman–Crippen MR) is 125 cm³/mol. The zero-order chi connectivity index (χ0) is 25.2. The number of nitrogens with zero attached hydrogens (tertiary/aromatic N) is 3. The van der Waals surface area contributed by atoms with Crippen molar-refractivity contribution in [1.82, 2.24) is 25.2 Å². The van der Waals surface area contributed by atoms with E-state index in [1.807, 2.05) is 0 Å². The molecule has 0 radical (unpaired) electrons. The summed E-state index contributed by atoms with van der Waals surface area (Å²) < 4.78 is 23.9. The molecule has 0 spiro atoms. The summed E-state index contributed by atoms with van der Waals surface area (Å²) in [6.07, 6.45) is 0.968. The van der Waals surface area contributed by atoms with Gasteiger partial charge in [-0.25, -0.2) is 22.9 Å². The second kappa shape index (κ2) is 11.8. The minimum Gasteiger partial charge on any atom is -0.863 e. The second-order valence-electron chi connectivity index (χ2n) is 7.00. The van der Waals surface area contributed by atoms with Gasteiger partial charge in [0.05, 0.1) is 6.26 Å². The van der Waals surface area contributed by atoms with Gasteiger partial charge in [0, 0.05) is 23.4 Å². The number of hydrogen-bond acceptors (Lipinski definition) is 13. The summed E-state index contributed by atoms with van der Waals surface area (Å²) >= 11 is 7.08. The van der Waals surface area contributed by atoms with E-state index < -0.39 is 50.0 Å². The van der Waals surface area contributed by atoms with E-state index in [4.69, 9.17) is 18.0 Å². The fraction of sp³-hybridized carbons (Fsp3) is 0.375. The van der Waals surface area contributed by atoms with E-state index in [0.717, 1.165) is 17.6 Å². The number of rotatable bonds is 8. The minimum absolute atomic E-state index is 0. The molecule has 1 unspecified atom stereocenters. The number of oxime groups is 1. The first-order valence-electron chi connectivity index (χ1n) is 9.31. The number of hydrogen-bond donors (Lipinski definition) is 5. The summed E-state index contributed by atoms with van der Waals surface area (Å²) in [5.41, 5.74) is 5.63. The van der Waals surface area contributed by atoms with E-state index in [2.05, 4.69) is 20.8 Å². The third-order valence-electron chi connectivity index (χ3n) is 4.60. The number of fused-ring (bicyclic) bond motifs is 1. The molecule has 1 fully saturated rings. The Labute approximate surface area is 235 Å². The Hall–Kier alpha value is -1.96. The Balaban J connectivity index is 0.00000432. The van der Waals surface area contributed by atoms with Crippen molar-refractivity contribution in [1.29, 1.82) is 0 Å². The fourth-order valence-corrected chi connectivity index (χ4v) is 5.80. The number of carbonyl (C=O) groups excluding carboxylic acids is 3. The average Bonchev–Trinajstić information content (AvgIpc) is 3.16. The van der Waals surface area contributed by atoms with Crippen LogP contribution in [0, 0.1) is 0 Å². The van der Waals surface area contributed by atoms with Gasteiger partial charge >= 0.3 is 35.6 Å². The van der Waals surface area contributed by atoms with E-state index in [0.29, 0.717) is 5.57 Å². The van der Waals surface area contributed by atoms with E-state index >= 15 is 0 Å². The van der Waals surface area contributed by atoms with Gasteiger partial charge in [-0.1, -0.05) is 17.4 Å². The molecule has 1 saturated heterocycles. The average molecular weight is 572 g/mol. The van der Waals surface area contributed by atoms with E-state index in [-0.39, 0.29) is 64.8 Å². The maximum Gasteiger partial charge on any atom is 1.00 e. The van der Waals surface area contributed by atoms with Crippen LogP contribution in [-0.2, 0) is 19.6 Å². The third-order valence-corrected chi connectivity index (χ3v) is 7.36. The Bertz CT molecular complexity index is 1220. The summed E-state index contributed by atoms with van der Waals surface area (Å²) in [6.45, 7) is -0.0106. The van der Waals surface area contributed by atoms with Crippen molar-refractivity contribution in [2.75, 3.05) is 24.3 Å². The summed E-state index contributed by atoms with van der Waals surface area (Å²) in [4.78, 5) is 41.9. The topological polar surface area (TPSA) is 219 Å². The molecular weight excluding hydrogens is 553 g/mol. The molecule has 3 heterocycles. The minimum atomic E-state index is -3.73. The number of urea groups is 1. The molecule has 0 saturated carbocycles. The number of anilines is 1. The molecule has 2 aliphatic heterocycles. The molecule has 19 heteroatoms. The Morgan fingerprint density at radius 1 is 1.46 bits per heavy atom. The van der Waals surface area contributed by atoms with E-state index in [1.54, 1.807) is 4.72 Å². The monoisotopic (exact) mass is 571 g/mol. The van der Waals surface area contributed by atoms with Crippen molar-refractivity contribution >= 4 is 79.1 Å². The number of β-lactam (4-membered cyclic amide) rings is 1. The maximum atomic E-state index is 12.8. The molecule has 0 aliphatic carbocycles. The summed E-state index contributed by atoms with van der Waals surface area (Å²) in [7, 11) is -3.73. The molecule has 14 nitrogen and oxygen atoms in total. The van der Waals surface area contributed by atoms with Crippen LogP contribution < -0.4 is 55.8 Å². The zero-order valence-corrected chi connectivity index (χ0v) is 23.6. The summed E-state index contributed by atoms with van der Waals surface area (Å²) in [5.74, 6) is -1.17. The van der Waals surface area contributed by atoms with Crippen molar-refractivity contribution in [2.24, 2.45) is 5.16 Å². The molecule has 184 valence electrons. The summed E-state index contributed by atoms with van der Waals surface area (Å²) in [6, 6.07) is -1.93. The molecule has 0 bridgehead atoms. The third kappa shape index (κ3) is 6.83. The molecular formula is C16H18N7NaO7S4. The SMILES string of the molecule is CS(=O)(=O)NC(=O)NCCC1=C(C([O-])=S)N2C(=O)C(NC(=O)/C(=N\O)c3csc(N)n3)[C@H]2SC1.[Na+]. The van der Waals surface area contributed by atoms with E-state index in [9.17, 15) is 33.1 Å². The number of nitrogens with one attached hydrogen (secondary N) is 3. The second-order valence-corrected chi connectivity index (χ2v) is 11.1. The van der Waals surface area contributed by atoms with Gasteiger partial charge in [0.15, 0.2) is 10.8 Å². The number of aromatic nitrogens is 1. The maximum absolute atomic E-state index is 12.8. The molecule has 35 heavy (non-hydrogen) atoms. The number of carbonyl (C=O) groups is 3. The smallest absolute Gasteiger partial charge is 0.863 e. The van der Waals surface area contributed by atoms with Crippen LogP contribution in [0.5, 0.6) is 0 Å². The van der Waals surface area contributed by atoms with Gasteiger partial charge in [-0.05, 0) is 17.0 Å². The Morgan fingerprint density at radius 2 is 2.14 bits per heavy atom. The number of thiocarbonyl (C=S) groups is 1. The van der Waals surface area contributed by atoms with E-state index in [1.165, 1.54) is 22.0 Å². The van der Waals surface area contributed by atoms with Crippen molar-refractivity contribution in [3.8, 4) is 0 Å². The molecule has 6 N–H and O–H groups in total. The van der Waals surface area contributed by atoms with Crippen LogP contribution in [0.15, 0.2) is 21.8 Å². The van der Waals surface area contributed by atoms with Crippen molar-refractivity contribution in [3.63, 3.8) is 0 Å². The first kappa shape index (κ1) is 29.3. The van der Waals surface area contributed by atoms with Crippen LogP contribution in [0.4, 0.5) is 9.93 Å². The number of thioether (sulfide) groups is 1. The fourth-order valence-electron chi connectivity index (χ4n) is 3.21. The van der Waals surface area contributed by atoms with Crippen LogP contribution in [0.25, 0.3) is 0 Å². The first-order valence-corrected chi connectivity index (χ1v) is 13.5. The Kier molecular flexibility index (Phi) is 9.91. The summed E-state index contributed by atoms with van der Waals surface area (Å²) in [5, 5.41) is 29.3. The number of nitrogen functional groups attached to an aromatic ring is 1. The molecule has 3 rings (SSSR count). The molecule has 1 aromatic rings. The standard InChI is InChI=1S/C16H19N7O7S4.Na/c1-34(29,30)22-16(27)18-3-2-6-4-32-13-9(12(25)23(13)10(6)14(26)31)20-11(24)8(21-28)7-5-33-15(17)19-7;/h5,9,13,28H,2-4H2,1H3,(H2,17,19)(H,20,24)(H,26,31)(H2,18,22,27);/q;+1/p-1/b21-8-;/t9?,13-;/m1./s1. The van der Waals surface area contributed by atoms with Gasteiger partial charge < -0.3 is 26.7 Å².